The molecule has 2 rings (SSSR count). The van der Waals surface area contributed by atoms with Crippen molar-refractivity contribution < 1.29 is 10.3 Å². The second kappa shape index (κ2) is 7.03. The van der Waals surface area contributed by atoms with Gasteiger partial charge in [0, 0.05) is 13.2 Å². The maximum Gasteiger partial charge on any atom is 0.224 e. The minimum absolute atomic E-state index is 0.0158. The molecule has 112 valence electrons. The Kier molecular flexibility index (Phi) is 5.36. The molecule has 0 atom stereocenters. The molecule has 8 heteroatoms. The van der Waals surface area contributed by atoms with E-state index >= 15 is 0 Å². The summed E-state index contributed by atoms with van der Waals surface area (Å²) >= 11 is 5.69. The summed E-state index contributed by atoms with van der Waals surface area (Å²) in [5, 5.41) is 31.9. The molecule has 1 heterocycles. The van der Waals surface area contributed by atoms with Crippen LogP contribution in [0.4, 0.5) is 11.5 Å². The van der Waals surface area contributed by atoms with Crippen LogP contribution in [0.1, 0.15) is 25.7 Å². The van der Waals surface area contributed by atoms with Crippen LogP contribution in [0.2, 0.25) is 5.28 Å². The average Bonchev–Trinajstić information content (AvgIpc) is 2.45. The van der Waals surface area contributed by atoms with Crippen molar-refractivity contribution in [1.29, 1.82) is 0 Å². The molecule has 0 unspecified atom stereocenters. The zero-order valence-corrected chi connectivity index (χ0v) is 11.8. The van der Waals surface area contributed by atoms with E-state index in [9.17, 15) is 5.21 Å². The molecule has 0 radical (unpaired) electrons. The van der Waals surface area contributed by atoms with Crippen LogP contribution in [0.3, 0.4) is 0 Å². The van der Waals surface area contributed by atoms with Gasteiger partial charge in [0.1, 0.15) is 5.69 Å². The van der Waals surface area contributed by atoms with Gasteiger partial charge in [-0.2, -0.15) is 4.98 Å². The smallest absolute Gasteiger partial charge is 0.224 e. The summed E-state index contributed by atoms with van der Waals surface area (Å²) in [5.74, 6) is 1.09. The van der Waals surface area contributed by atoms with Crippen LogP contribution in [0.5, 0.6) is 0 Å². The largest absolute Gasteiger partial charge is 0.733 e. The lowest BCUT2D eigenvalue weighted by atomic mass is 9.82. The third kappa shape index (κ3) is 3.92. The topological polar surface area (TPSA) is 105 Å². The zero-order chi connectivity index (χ0) is 14.5. The van der Waals surface area contributed by atoms with Crippen LogP contribution in [0.15, 0.2) is 6.20 Å². The molecule has 1 fully saturated rings. The third-order valence-corrected chi connectivity index (χ3v) is 3.91. The Labute approximate surface area is 122 Å². The standard InChI is InChI=1S/C12H18ClN4O3/c13-12-15-6-10(17(19)20)11(16-12)14-5-8-1-3-9(7-18)4-2-8/h6,8-9,18-19H,1-5,7H2,(H,14,15,16)/q-1. The summed E-state index contributed by atoms with van der Waals surface area (Å²) < 4.78 is 0. The van der Waals surface area contributed by atoms with Crippen LogP contribution in [-0.4, -0.2) is 33.4 Å². The molecule has 20 heavy (non-hydrogen) atoms. The van der Waals surface area contributed by atoms with Crippen molar-refractivity contribution in [1.82, 2.24) is 9.97 Å². The van der Waals surface area contributed by atoms with Gasteiger partial charge >= 0.3 is 0 Å². The van der Waals surface area contributed by atoms with Gasteiger partial charge in [-0.3, -0.25) is 5.21 Å². The summed E-state index contributed by atoms with van der Waals surface area (Å²) in [5.41, 5.74) is -0.0570. The molecule has 0 saturated heterocycles. The van der Waals surface area contributed by atoms with Crippen molar-refractivity contribution in [3.05, 3.63) is 16.7 Å². The van der Waals surface area contributed by atoms with Crippen LogP contribution in [0, 0.1) is 17.0 Å². The zero-order valence-electron chi connectivity index (χ0n) is 11.0. The second-order valence-electron chi connectivity index (χ2n) is 5.10. The number of aromatic nitrogens is 2. The Morgan fingerprint density at radius 3 is 2.60 bits per heavy atom. The Morgan fingerprint density at radius 2 is 2.00 bits per heavy atom. The highest BCUT2D eigenvalue weighted by Crippen LogP contribution is 2.29. The first kappa shape index (κ1) is 15.2. The van der Waals surface area contributed by atoms with Crippen LogP contribution in [0.25, 0.3) is 0 Å². The van der Waals surface area contributed by atoms with E-state index < -0.39 is 0 Å². The van der Waals surface area contributed by atoms with Crippen LogP contribution < -0.4 is 10.5 Å². The van der Waals surface area contributed by atoms with E-state index in [4.69, 9.17) is 21.9 Å². The van der Waals surface area contributed by atoms with Gasteiger partial charge in [-0.15, -0.1) is 0 Å². The molecule has 0 bridgehead atoms. The number of hydrogen-bond acceptors (Lipinski definition) is 7. The SMILES string of the molecule is [O-]N(O)c1cnc(Cl)nc1NCC1CCC(CO)CC1. The van der Waals surface area contributed by atoms with E-state index in [1.807, 2.05) is 0 Å². The number of anilines is 2. The van der Waals surface area contributed by atoms with E-state index in [1.54, 1.807) is 0 Å². The second-order valence-corrected chi connectivity index (χ2v) is 5.43. The molecule has 0 amide bonds. The summed E-state index contributed by atoms with van der Waals surface area (Å²) in [6.07, 6.45) is 5.23. The maximum atomic E-state index is 11.0. The number of nitrogens with one attached hydrogen (secondary N) is 1. The lowest BCUT2D eigenvalue weighted by Crippen LogP contribution is -2.23. The maximum absolute atomic E-state index is 11.0. The predicted octanol–water partition coefficient (Wildman–Crippen LogP) is 2.03. The molecule has 0 spiro atoms. The molecular formula is C12H18ClN4O3-. The highest BCUT2D eigenvalue weighted by molar-refractivity contribution is 6.28. The molecule has 1 aromatic rings. The molecule has 7 nitrogen and oxygen atoms in total. The number of aliphatic hydroxyl groups excluding tert-OH is 1. The predicted molar refractivity (Wildman–Crippen MR) is 75.7 cm³/mol. The molecule has 0 aromatic carbocycles. The van der Waals surface area contributed by atoms with Crippen LogP contribution in [-0.2, 0) is 0 Å². The van der Waals surface area contributed by atoms with Crippen molar-refractivity contribution in [3.8, 4) is 0 Å². The van der Waals surface area contributed by atoms with Gasteiger partial charge in [-0.1, -0.05) is 0 Å². The summed E-state index contributed by atoms with van der Waals surface area (Å²) in [7, 11) is 0. The molecular weight excluding hydrogens is 284 g/mol. The number of aliphatic hydroxyl groups is 1. The number of nitrogens with zero attached hydrogens (tertiary/aromatic N) is 3. The average molecular weight is 302 g/mol. The first-order valence-corrected chi connectivity index (χ1v) is 7.01. The van der Waals surface area contributed by atoms with Crippen molar-refractivity contribution in [3.63, 3.8) is 0 Å². The highest BCUT2D eigenvalue weighted by Gasteiger charge is 2.20. The molecule has 1 aliphatic rings. The fourth-order valence-corrected chi connectivity index (χ4v) is 2.62. The van der Waals surface area contributed by atoms with Crippen molar-refractivity contribution in [2.24, 2.45) is 11.8 Å². The Morgan fingerprint density at radius 1 is 1.35 bits per heavy atom. The van der Waals surface area contributed by atoms with E-state index in [1.165, 1.54) is 6.20 Å². The van der Waals surface area contributed by atoms with Crippen LogP contribution >= 0.6 is 11.6 Å². The monoisotopic (exact) mass is 301 g/mol. The minimum Gasteiger partial charge on any atom is -0.733 e. The third-order valence-electron chi connectivity index (χ3n) is 3.73. The number of halogens is 1. The fourth-order valence-electron chi connectivity index (χ4n) is 2.48. The van der Waals surface area contributed by atoms with Gasteiger partial charge < -0.3 is 20.9 Å². The minimum atomic E-state index is -0.276. The summed E-state index contributed by atoms with van der Waals surface area (Å²) in [6.45, 7) is 0.897. The van der Waals surface area contributed by atoms with Crippen molar-refractivity contribution in [2.75, 3.05) is 23.7 Å². The van der Waals surface area contributed by atoms with Crippen molar-refractivity contribution in [2.45, 2.75) is 25.7 Å². The molecule has 1 saturated carbocycles. The Hall–Kier alpha value is -1.15. The lowest BCUT2D eigenvalue weighted by molar-refractivity contribution is 0.170. The lowest BCUT2D eigenvalue weighted by Gasteiger charge is -2.28. The van der Waals surface area contributed by atoms with E-state index in [0.29, 0.717) is 18.4 Å². The Balaban J connectivity index is 1.92. The van der Waals surface area contributed by atoms with Gasteiger partial charge in [-0.25, -0.2) is 4.98 Å². The van der Waals surface area contributed by atoms with E-state index in [0.717, 1.165) is 25.7 Å². The van der Waals surface area contributed by atoms with Gasteiger partial charge in [-0.05, 0) is 49.1 Å². The van der Waals surface area contributed by atoms with Crippen molar-refractivity contribution >= 4 is 23.1 Å². The van der Waals surface area contributed by atoms with Gasteiger partial charge in [0.2, 0.25) is 5.28 Å². The first-order valence-electron chi connectivity index (χ1n) is 6.63. The summed E-state index contributed by atoms with van der Waals surface area (Å²) in [4.78, 5) is 7.57. The number of hydrogen-bond donors (Lipinski definition) is 3. The quantitative estimate of drug-likeness (QED) is 0.564. The summed E-state index contributed by atoms with van der Waals surface area (Å²) in [6, 6.07) is 0. The fraction of sp³-hybridized carbons (Fsp3) is 0.667. The molecule has 0 aliphatic heterocycles. The Bertz CT molecular complexity index is 439. The van der Waals surface area contributed by atoms with Gasteiger partial charge in [0.05, 0.1) is 6.20 Å². The number of rotatable bonds is 5. The first-order chi connectivity index (χ1) is 9.60. The normalized spacial score (nSPS) is 22.6. The molecule has 1 aliphatic carbocycles. The van der Waals surface area contributed by atoms with E-state index in [2.05, 4.69) is 15.3 Å². The highest BCUT2D eigenvalue weighted by atomic mass is 35.5. The van der Waals surface area contributed by atoms with Gasteiger partial charge in [0.25, 0.3) is 0 Å². The molecule has 3 N–H and O–H groups in total. The molecule has 1 aromatic heterocycles. The van der Waals surface area contributed by atoms with Gasteiger partial charge in [0.15, 0.2) is 5.82 Å². The van der Waals surface area contributed by atoms with E-state index in [-0.39, 0.29) is 28.6 Å².